The van der Waals surface area contributed by atoms with Crippen LogP contribution in [0.4, 0.5) is 0 Å². The predicted molar refractivity (Wildman–Crippen MR) is 140 cm³/mol. The van der Waals surface area contributed by atoms with E-state index in [2.05, 4.69) is 34.6 Å². The Labute approximate surface area is 201 Å². The summed E-state index contributed by atoms with van der Waals surface area (Å²) in [6.07, 6.45) is 0. The molecule has 0 aliphatic carbocycles. The Bertz CT molecular complexity index is 722. The average Bonchev–Trinajstić information content (AvgIpc) is 2.74. The molecule has 0 radical (unpaired) electrons. The predicted octanol–water partition coefficient (Wildman–Crippen LogP) is 4.95. The van der Waals surface area contributed by atoms with Gasteiger partial charge >= 0.3 is 0 Å². The van der Waals surface area contributed by atoms with E-state index in [1.54, 1.807) is 21.6 Å². The highest BCUT2D eigenvalue weighted by molar-refractivity contribution is 8.76. The fourth-order valence-electron chi connectivity index (χ4n) is 3.43. The summed E-state index contributed by atoms with van der Waals surface area (Å²) < 4.78 is 17.5. The fourth-order valence-corrected chi connectivity index (χ4v) is 5.76. The van der Waals surface area contributed by atoms with Crippen LogP contribution in [0.15, 0.2) is 20.0 Å². The lowest BCUT2D eigenvalue weighted by atomic mass is 10.0. The molecule has 1 unspecified atom stereocenters. The van der Waals surface area contributed by atoms with Crippen molar-refractivity contribution in [1.82, 2.24) is 0 Å². The standard InChI is InChI=1S/C23H40N4O3S2/c1-9-28-21-18(26-23(30-11-3)20(27-21)15(6)7)13-32-31-12-17-16(8)24-19(14(4)5)22(25-17)29-10-2/h14-15,17-20H,9-13H2,1-8H3/t17-,18-,19+,20?/m0/s1. The minimum atomic E-state index is -0.127. The highest BCUT2D eigenvalue weighted by Gasteiger charge is 2.32. The smallest absolute Gasteiger partial charge is 0.210 e. The van der Waals surface area contributed by atoms with Crippen molar-refractivity contribution in [2.24, 2.45) is 31.8 Å². The quantitative estimate of drug-likeness (QED) is 0.324. The van der Waals surface area contributed by atoms with Gasteiger partial charge in [0.25, 0.3) is 0 Å². The lowest BCUT2D eigenvalue weighted by Gasteiger charge is -2.28. The molecule has 2 rings (SSSR count). The monoisotopic (exact) mass is 484 g/mol. The number of aliphatic imine (C=N–C) groups is 4. The largest absolute Gasteiger partial charge is 0.480 e. The Kier molecular flexibility index (Phi) is 11.4. The summed E-state index contributed by atoms with van der Waals surface area (Å²) in [5, 5.41) is 0. The summed E-state index contributed by atoms with van der Waals surface area (Å²) in [7, 11) is 3.55. The second-order valence-corrected chi connectivity index (χ2v) is 11.0. The maximum atomic E-state index is 5.85. The molecular formula is C23H40N4O3S2. The van der Waals surface area contributed by atoms with Gasteiger partial charge in [-0.1, -0.05) is 49.3 Å². The van der Waals surface area contributed by atoms with E-state index in [0.29, 0.717) is 31.7 Å². The Morgan fingerprint density at radius 3 is 1.59 bits per heavy atom. The average molecular weight is 485 g/mol. The zero-order valence-electron chi connectivity index (χ0n) is 20.8. The zero-order chi connectivity index (χ0) is 23.7. The molecule has 0 amide bonds. The highest BCUT2D eigenvalue weighted by Crippen LogP contribution is 2.29. The Morgan fingerprint density at radius 2 is 1.09 bits per heavy atom. The SMILES string of the molecule is CCOC1=N[C@@H](CSSC[C@@H]2N=C(OCC)[C@@H](C(C)C)N=C2C)C(OCC)=NC1C(C)C. The fraction of sp³-hybridized carbons (Fsp3) is 0.826. The van der Waals surface area contributed by atoms with Crippen molar-refractivity contribution in [2.45, 2.75) is 79.6 Å². The Balaban J connectivity index is 1.99. The van der Waals surface area contributed by atoms with E-state index in [1.165, 1.54) is 0 Å². The molecule has 0 aromatic heterocycles. The summed E-state index contributed by atoms with van der Waals surface area (Å²) in [5.41, 5.74) is 1.07. The van der Waals surface area contributed by atoms with Crippen molar-refractivity contribution in [3.05, 3.63) is 0 Å². The topological polar surface area (TPSA) is 77.1 Å². The second kappa shape index (κ2) is 13.5. The maximum absolute atomic E-state index is 5.85. The van der Waals surface area contributed by atoms with Gasteiger partial charge in [-0.3, -0.25) is 4.99 Å². The van der Waals surface area contributed by atoms with Crippen LogP contribution in [0.2, 0.25) is 0 Å². The van der Waals surface area contributed by atoms with Gasteiger partial charge in [-0.2, -0.15) is 0 Å². The lowest BCUT2D eigenvalue weighted by Crippen LogP contribution is -2.39. The van der Waals surface area contributed by atoms with Gasteiger partial charge < -0.3 is 14.2 Å². The van der Waals surface area contributed by atoms with Crippen LogP contribution in [0.25, 0.3) is 0 Å². The summed E-state index contributed by atoms with van der Waals surface area (Å²) in [6.45, 7) is 18.4. The number of hydrogen-bond acceptors (Lipinski definition) is 9. The molecular weight excluding hydrogens is 444 g/mol. The van der Waals surface area contributed by atoms with E-state index in [1.807, 2.05) is 20.8 Å². The van der Waals surface area contributed by atoms with Crippen LogP contribution in [-0.2, 0) is 14.2 Å². The van der Waals surface area contributed by atoms with Gasteiger partial charge in [-0.25, -0.2) is 15.0 Å². The second-order valence-electron chi connectivity index (χ2n) is 8.45. The van der Waals surface area contributed by atoms with Gasteiger partial charge in [-0.05, 0) is 39.5 Å². The van der Waals surface area contributed by atoms with E-state index in [9.17, 15) is 0 Å². The van der Waals surface area contributed by atoms with Crippen LogP contribution in [-0.4, -0.2) is 78.9 Å². The highest BCUT2D eigenvalue weighted by atomic mass is 33.1. The van der Waals surface area contributed by atoms with Crippen LogP contribution in [0, 0.1) is 11.8 Å². The van der Waals surface area contributed by atoms with Crippen LogP contribution in [0.5, 0.6) is 0 Å². The molecule has 182 valence electrons. The minimum Gasteiger partial charge on any atom is -0.480 e. The third-order valence-corrected chi connectivity index (χ3v) is 7.51. The first kappa shape index (κ1) is 27.0. The summed E-state index contributed by atoms with van der Waals surface area (Å²) in [5.74, 6) is 4.49. The molecule has 9 heteroatoms. The maximum Gasteiger partial charge on any atom is 0.210 e. The van der Waals surface area contributed by atoms with Gasteiger partial charge in [0, 0.05) is 17.2 Å². The number of rotatable bonds is 10. The molecule has 2 aliphatic heterocycles. The molecule has 0 N–H and O–H groups in total. The van der Waals surface area contributed by atoms with Crippen LogP contribution >= 0.6 is 21.6 Å². The van der Waals surface area contributed by atoms with Crippen molar-refractivity contribution in [3.63, 3.8) is 0 Å². The third-order valence-electron chi connectivity index (χ3n) is 5.12. The molecule has 2 aliphatic rings. The zero-order valence-corrected chi connectivity index (χ0v) is 22.5. The number of hydrogen-bond donors (Lipinski definition) is 0. The molecule has 0 aromatic rings. The van der Waals surface area contributed by atoms with Crippen LogP contribution < -0.4 is 0 Å². The number of nitrogens with zero attached hydrogens (tertiary/aromatic N) is 4. The van der Waals surface area contributed by atoms with Crippen molar-refractivity contribution in [3.8, 4) is 0 Å². The van der Waals surface area contributed by atoms with Crippen molar-refractivity contribution >= 4 is 45.0 Å². The van der Waals surface area contributed by atoms with Crippen molar-refractivity contribution in [1.29, 1.82) is 0 Å². The van der Waals surface area contributed by atoms with Gasteiger partial charge in [0.15, 0.2) is 0 Å². The molecule has 0 saturated carbocycles. The molecule has 0 aromatic carbocycles. The molecule has 0 bridgehead atoms. The molecule has 0 spiro atoms. The molecule has 2 heterocycles. The molecule has 0 fully saturated rings. The van der Waals surface area contributed by atoms with E-state index in [-0.39, 0.29) is 24.2 Å². The molecule has 4 atom stereocenters. The van der Waals surface area contributed by atoms with Crippen molar-refractivity contribution < 1.29 is 14.2 Å². The van der Waals surface area contributed by atoms with Crippen molar-refractivity contribution in [2.75, 3.05) is 31.3 Å². The molecule has 7 nitrogen and oxygen atoms in total. The summed E-state index contributed by atoms with van der Waals surface area (Å²) >= 11 is 0. The van der Waals surface area contributed by atoms with Crippen LogP contribution in [0.1, 0.15) is 55.4 Å². The third kappa shape index (κ3) is 7.40. The molecule has 0 saturated heterocycles. The first-order chi connectivity index (χ1) is 15.3. The van der Waals surface area contributed by atoms with Gasteiger partial charge in [0.1, 0.15) is 24.2 Å². The summed E-state index contributed by atoms with van der Waals surface area (Å²) in [4.78, 5) is 19.5. The Hall–Kier alpha value is -1.22. The van der Waals surface area contributed by atoms with E-state index >= 15 is 0 Å². The normalized spacial score (nSPS) is 25.8. The van der Waals surface area contributed by atoms with Gasteiger partial charge in [0.05, 0.1) is 19.8 Å². The van der Waals surface area contributed by atoms with E-state index in [0.717, 1.165) is 34.9 Å². The van der Waals surface area contributed by atoms with E-state index in [4.69, 9.17) is 34.2 Å². The lowest BCUT2D eigenvalue weighted by molar-refractivity contribution is 0.278. The van der Waals surface area contributed by atoms with Gasteiger partial charge in [-0.15, -0.1) is 0 Å². The van der Waals surface area contributed by atoms with E-state index < -0.39 is 0 Å². The Morgan fingerprint density at radius 1 is 0.656 bits per heavy atom. The number of ether oxygens (including phenoxy) is 3. The molecule has 32 heavy (non-hydrogen) atoms. The van der Waals surface area contributed by atoms with Crippen LogP contribution in [0.3, 0.4) is 0 Å². The minimum absolute atomic E-state index is 0.0243. The summed E-state index contributed by atoms with van der Waals surface area (Å²) in [6, 6.07) is -0.135. The van der Waals surface area contributed by atoms with Gasteiger partial charge in [0.2, 0.25) is 17.7 Å². The first-order valence-electron chi connectivity index (χ1n) is 11.7. The first-order valence-corrected chi connectivity index (χ1v) is 14.2.